The molecule has 0 bridgehead atoms. The highest BCUT2D eigenvalue weighted by Gasteiger charge is 2.22. The number of thiazole rings is 1. The predicted molar refractivity (Wildman–Crippen MR) is 84.0 cm³/mol. The molecule has 1 heterocycles. The molecule has 5 nitrogen and oxygen atoms in total. The Morgan fingerprint density at radius 1 is 1.33 bits per heavy atom. The summed E-state index contributed by atoms with van der Waals surface area (Å²) in [6.45, 7) is 11.1. The van der Waals surface area contributed by atoms with E-state index in [0.29, 0.717) is 12.1 Å². The zero-order chi connectivity index (χ0) is 16.2. The number of aromatic nitrogens is 1. The van der Waals surface area contributed by atoms with Crippen molar-refractivity contribution in [3.8, 4) is 0 Å². The number of ketones is 1. The standard InChI is InChI=1S/C15H24N2O3S/c1-7-11(17-14(19)20-15(4,5)6)8-12(18)13-9(2)21-10(3)16-13/h11H,7-8H2,1-6H3,(H,17,19). The van der Waals surface area contributed by atoms with Gasteiger partial charge in [-0.1, -0.05) is 6.92 Å². The van der Waals surface area contributed by atoms with Gasteiger partial charge in [-0.05, 0) is 41.0 Å². The molecule has 1 amide bonds. The summed E-state index contributed by atoms with van der Waals surface area (Å²) in [6.07, 6.45) is 0.403. The molecular formula is C15H24N2O3S. The number of carbonyl (C=O) groups is 2. The fourth-order valence-corrected chi connectivity index (χ4v) is 2.72. The van der Waals surface area contributed by atoms with Crippen LogP contribution < -0.4 is 5.32 Å². The topological polar surface area (TPSA) is 68.3 Å². The summed E-state index contributed by atoms with van der Waals surface area (Å²) < 4.78 is 5.21. The fraction of sp³-hybridized carbons (Fsp3) is 0.667. The van der Waals surface area contributed by atoms with Crippen LogP contribution in [-0.4, -0.2) is 28.5 Å². The number of hydrogen-bond donors (Lipinski definition) is 1. The molecule has 0 radical (unpaired) electrons. The van der Waals surface area contributed by atoms with Gasteiger partial charge in [0.2, 0.25) is 0 Å². The van der Waals surface area contributed by atoms with Crippen molar-refractivity contribution >= 4 is 23.2 Å². The number of aryl methyl sites for hydroxylation is 2. The van der Waals surface area contributed by atoms with Gasteiger partial charge in [0.15, 0.2) is 5.78 Å². The minimum absolute atomic E-state index is 0.0419. The van der Waals surface area contributed by atoms with Crippen LogP contribution in [0.3, 0.4) is 0 Å². The number of carbonyl (C=O) groups excluding carboxylic acids is 2. The molecule has 6 heteroatoms. The van der Waals surface area contributed by atoms with E-state index < -0.39 is 11.7 Å². The van der Waals surface area contributed by atoms with Gasteiger partial charge < -0.3 is 10.1 Å². The molecule has 0 spiro atoms. The van der Waals surface area contributed by atoms with Gasteiger partial charge in [-0.15, -0.1) is 11.3 Å². The van der Waals surface area contributed by atoms with Crippen LogP contribution in [0, 0.1) is 13.8 Å². The zero-order valence-corrected chi connectivity index (χ0v) is 14.4. The van der Waals surface area contributed by atoms with Gasteiger partial charge in [0.1, 0.15) is 11.3 Å². The second-order valence-electron chi connectivity index (χ2n) is 6.02. The van der Waals surface area contributed by atoms with Gasteiger partial charge in [0.25, 0.3) is 0 Å². The lowest BCUT2D eigenvalue weighted by Crippen LogP contribution is -2.40. The van der Waals surface area contributed by atoms with Crippen molar-refractivity contribution in [2.75, 3.05) is 0 Å². The second kappa shape index (κ2) is 7.02. The molecule has 0 aliphatic rings. The highest BCUT2D eigenvalue weighted by molar-refractivity contribution is 7.11. The molecule has 1 rings (SSSR count). The van der Waals surface area contributed by atoms with E-state index in [9.17, 15) is 9.59 Å². The molecule has 0 aromatic carbocycles. The van der Waals surface area contributed by atoms with Crippen LogP contribution in [0.1, 0.15) is 60.9 Å². The minimum atomic E-state index is -0.547. The molecule has 1 N–H and O–H groups in total. The summed E-state index contributed by atoms with van der Waals surface area (Å²) in [4.78, 5) is 29.2. The number of amides is 1. The van der Waals surface area contributed by atoms with Crippen LogP contribution in [-0.2, 0) is 4.74 Å². The van der Waals surface area contributed by atoms with Crippen LogP contribution in [0.25, 0.3) is 0 Å². The summed E-state index contributed by atoms with van der Waals surface area (Å²) in [5.74, 6) is -0.0419. The third-order valence-corrected chi connectivity index (χ3v) is 3.70. The van der Waals surface area contributed by atoms with Crippen molar-refractivity contribution in [1.29, 1.82) is 0 Å². The summed E-state index contributed by atoms with van der Waals surface area (Å²) in [5, 5.41) is 3.62. The quantitative estimate of drug-likeness (QED) is 0.843. The number of Topliss-reactive ketones (excluding diaryl/α,β-unsaturated/α-hetero) is 1. The van der Waals surface area contributed by atoms with E-state index in [1.54, 1.807) is 20.8 Å². The molecule has 0 fully saturated rings. The molecule has 118 valence electrons. The molecule has 21 heavy (non-hydrogen) atoms. The largest absolute Gasteiger partial charge is 0.444 e. The molecule has 0 saturated carbocycles. The Morgan fingerprint density at radius 3 is 2.38 bits per heavy atom. The first-order chi connectivity index (χ1) is 9.62. The summed E-state index contributed by atoms with van der Waals surface area (Å²) in [7, 11) is 0. The van der Waals surface area contributed by atoms with Crippen molar-refractivity contribution in [2.45, 2.75) is 66.0 Å². The molecule has 0 aliphatic carbocycles. The van der Waals surface area contributed by atoms with E-state index in [2.05, 4.69) is 10.3 Å². The summed E-state index contributed by atoms with van der Waals surface area (Å²) >= 11 is 1.51. The number of alkyl carbamates (subject to hydrolysis) is 1. The maximum atomic E-state index is 12.3. The molecule has 0 saturated heterocycles. The van der Waals surface area contributed by atoms with E-state index in [4.69, 9.17) is 4.74 Å². The Balaban J connectivity index is 2.64. The molecular weight excluding hydrogens is 288 g/mol. The maximum absolute atomic E-state index is 12.3. The maximum Gasteiger partial charge on any atom is 0.407 e. The first-order valence-electron chi connectivity index (χ1n) is 7.09. The van der Waals surface area contributed by atoms with E-state index in [1.807, 2.05) is 20.8 Å². The lowest BCUT2D eigenvalue weighted by Gasteiger charge is -2.22. The highest BCUT2D eigenvalue weighted by Crippen LogP contribution is 2.19. The normalized spacial score (nSPS) is 12.9. The smallest absolute Gasteiger partial charge is 0.407 e. The lowest BCUT2D eigenvalue weighted by atomic mass is 10.1. The van der Waals surface area contributed by atoms with E-state index in [0.717, 1.165) is 9.88 Å². The molecule has 1 atom stereocenters. The van der Waals surface area contributed by atoms with Crippen molar-refractivity contribution in [2.24, 2.45) is 0 Å². The molecule has 1 unspecified atom stereocenters. The van der Waals surface area contributed by atoms with E-state index in [-0.39, 0.29) is 18.2 Å². The van der Waals surface area contributed by atoms with Gasteiger partial charge in [-0.2, -0.15) is 0 Å². The highest BCUT2D eigenvalue weighted by atomic mass is 32.1. The van der Waals surface area contributed by atoms with Crippen molar-refractivity contribution in [1.82, 2.24) is 10.3 Å². The first-order valence-corrected chi connectivity index (χ1v) is 7.90. The zero-order valence-electron chi connectivity index (χ0n) is 13.6. The number of ether oxygens (including phenoxy) is 1. The first kappa shape index (κ1) is 17.6. The number of hydrogen-bond acceptors (Lipinski definition) is 5. The predicted octanol–water partition coefficient (Wildman–Crippen LogP) is 3.64. The van der Waals surface area contributed by atoms with Crippen molar-refractivity contribution in [3.05, 3.63) is 15.6 Å². The van der Waals surface area contributed by atoms with Crippen LogP contribution in [0.2, 0.25) is 0 Å². The Kier molecular flexibility index (Phi) is 5.89. The monoisotopic (exact) mass is 312 g/mol. The Hall–Kier alpha value is -1.43. The van der Waals surface area contributed by atoms with Crippen molar-refractivity contribution in [3.63, 3.8) is 0 Å². The number of rotatable bonds is 5. The van der Waals surface area contributed by atoms with Crippen LogP contribution in [0.5, 0.6) is 0 Å². The average Bonchev–Trinajstić information content (AvgIpc) is 2.65. The number of nitrogens with one attached hydrogen (secondary N) is 1. The van der Waals surface area contributed by atoms with E-state index in [1.165, 1.54) is 11.3 Å². The molecule has 1 aromatic heterocycles. The van der Waals surface area contributed by atoms with Gasteiger partial charge in [-0.3, -0.25) is 4.79 Å². The van der Waals surface area contributed by atoms with Crippen LogP contribution in [0.4, 0.5) is 4.79 Å². The van der Waals surface area contributed by atoms with Gasteiger partial charge in [0, 0.05) is 17.3 Å². The minimum Gasteiger partial charge on any atom is -0.444 e. The van der Waals surface area contributed by atoms with Crippen LogP contribution in [0.15, 0.2) is 0 Å². The van der Waals surface area contributed by atoms with Gasteiger partial charge in [0.05, 0.1) is 5.01 Å². The Labute approximate surface area is 130 Å². The van der Waals surface area contributed by atoms with Crippen molar-refractivity contribution < 1.29 is 14.3 Å². The summed E-state index contributed by atoms with van der Waals surface area (Å²) in [6, 6.07) is -0.242. The van der Waals surface area contributed by atoms with Gasteiger partial charge in [-0.25, -0.2) is 9.78 Å². The third kappa shape index (κ3) is 5.83. The third-order valence-electron chi connectivity index (χ3n) is 2.81. The number of nitrogens with zero attached hydrogens (tertiary/aromatic N) is 1. The SMILES string of the molecule is CCC(CC(=O)c1nc(C)sc1C)NC(=O)OC(C)(C)C. The lowest BCUT2D eigenvalue weighted by molar-refractivity contribution is 0.0500. The second-order valence-corrected chi connectivity index (χ2v) is 7.42. The Bertz CT molecular complexity index is 517. The average molecular weight is 312 g/mol. The van der Waals surface area contributed by atoms with E-state index >= 15 is 0 Å². The van der Waals surface area contributed by atoms with Gasteiger partial charge >= 0.3 is 6.09 Å². The molecule has 0 aliphatic heterocycles. The summed E-state index contributed by atoms with van der Waals surface area (Å²) in [5.41, 5.74) is -0.0309. The molecule has 1 aromatic rings. The Morgan fingerprint density at radius 2 is 1.95 bits per heavy atom. The fourth-order valence-electron chi connectivity index (χ4n) is 1.88. The van der Waals surface area contributed by atoms with Crippen LogP contribution >= 0.6 is 11.3 Å².